The van der Waals surface area contributed by atoms with Crippen molar-refractivity contribution in [2.45, 2.75) is 56.4 Å². The monoisotopic (exact) mass is 675 g/mol. The fourth-order valence-corrected chi connectivity index (χ4v) is 7.42. The van der Waals surface area contributed by atoms with Crippen LogP contribution in [0.3, 0.4) is 0 Å². The Morgan fingerprint density at radius 1 is 0.818 bits per heavy atom. The van der Waals surface area contributed by atoms with Crippen molar-refractivity contribution in [1.29, 1.82) is 0 Å². The lowest BCUT2D eigenvalue weighted by molar-refractivity contribution is -0.262. The largest absolute Gasteiger partial charge is 0.430 e. The molecule has 1 unspecified atom stereocenters. The fourth-order valence-electron chi connectivity index (χ4n) is 6.64. The molecule has 3 heterocycles. The van der Waals surface area contributed by atoms with E-state index in [0.29, 0.717) is 48.9 Å². The van der Waals surface area contributed by atoms with Crippen molar-refractivity contribution in [3.05, 3.63) is 62.6 Å². The van der Waals surface area contributed by atoms with Gasteiger partial charge in [0.1, 0.15) is 0 Å². The fraction of sp³-hybridized carbons (Fsp3) is 0.548. The molecular weight excluding hydrogens is 642 g/mol. The molecule has 240 valence electrons. The number of carbonyl (C=O) groups is 2. The molecule has 3 aliphatic heterocycles. The average molecular weight is 677 g/mol. The zero-order valence-corrected chi connectivity index (χ0v) is 26.3. The van der Waals surface area contributed by atoms with Gasteiger partial charge < -0.3 is 24.9 Å². The van der Waals surface area contributed by atoms with Crippen LogP contribution in [0.2, 0.25) is 15.1 Å². The van der Waals surface area contributed by atoms with Gasteiger partial charge in [-0.05, 0) is 86.8 Å². The van der Waals surface area contributed by atoms with Crippen molar-refractivity contribution < 1.29 is 33.0 Å². The number of hydrogen-bond acceptors (Lipinski definition) is 5. The van der Waals surface area contributed by atoms with Gasteiger partial charge in [0.05, 0.1) is 16.7 Å². The number of aliphatic hydroxyl groups is 2. The second-order valence-corrected chi connectivity index (χ2v) is 13.4. The number of aliphatic hydroxyl groups excluding tert-OH is 1. The van der Waals surface area contributed by atoms with Crippen LogP contribution in [-0.2, 0) is 10.4 Å². The first-order valence-corrected chi connectivity index (χ1v) is 16.0. The lowest BCUT2D eigenvalue weighted by Crippen LogP contribution is -2.57. The van der Waals surface area contributed by atoms with E-state index in [1.54, 1.807) is 11.0 Å². The molecule has 3 saturated heterocycles. The van der Waals surface area contributed by atoms with Crippen LogP contribution >= 0.6 is 34.8 Å². The molecule has 5 rings (SSSR count). The van der Waals surface area contributed by atoms with Gasteiger partial charge in [0, 0.05) is 60.6 Å². The second kappa shape index (κ2) is 13.2. The van der Waals surface area contributed by atoms with Crippen molar-refractivity contribution in [2.75, 3.05) is 44.2 Å². The molecule has 7 nitrogen and oxygen atoms in total. The Morgan fingerprint density at radius 3 is 1.91 bits per heavy atom. The van der Waals surface area contributed by atoms with E-state index in [4.69, 9.17) is 34.8 Å². The van der Waals surface area contributed by atoms with Gasteiger partial charge in [-0.3, -0.25) is 9.59 Å². The molecule has 0 bridgehead atoms. The maximum atomic E-state index is 14.1. The van der Waals surface area contributed by atoms with Crippen LogP contribution in [0.1, 0.15) is 54.4 Å². The Morgan fingerprint density at radius 2 is 1.39 bits per heavy atom. The lowest BCUT2D eigenvalue weighted by Gasteiger charge is -2.40. The molecule has 2 aromatic rings. The third kappa shape index (κ3) is 6.94. The first-order chi connectivity index (χ1) is 20.8. The third-order valence-electron chi connectivity index (χ3n) is 9.18. The molecule has 0 aliphatic carbocycles. The SMILES string of the molecule is O=C(c1ccc(N2CCC(CC3CCN(C(=O)[C@](O)(c4cc(Cl)cc(Cl)c4)C(F)(F)F)CC3)CC2)cc1Cl)N1CCC(O)C1. The Kier molecular flexibility index (Phi) is 9.97. The molecule has 0 aromatic heterocycles. The normalized spacial score (nSPS) is 21.9. The summed E-state index contributed by atoms with van der Waals surface area (Å²) in [6, 6.07) is 8.53. The van der Waals surface area contributed by atoms with Gasteiger partial charge in [0.25, 0.3) is 17.4 Å². The number of amides is 2. The zero-order valence-electron chi connectivity index (χ0n) is 24.0. The molecule has 2 N–H and O–H groups in total. The molecule has 13 heteroatoms. The van der Waals surface area contributed by atoms with Gasteiger partial charge in [-0.15, -0.1) is 0 Å². The average Bonchev–Trinajstić information content (AvgIpc) is 3.42. The summed E-state index contributed by atoms with van der Waals surface area (Å²) in [5.41, 5.74) is -3.08. The Bertz CT molecular complexity index is 1360. The van der Waals surface area contributed by atoms with E-state index in [9.17, 15) is 33.0 Å². The van der Waals surface area contributed by atoms with E-state index in [1.807, 2.05) is 12.1 Å². The second-order valence-electron chi connectivity index (χ2n) is 12.1. The molecule has 2 aromatic carbocycles. The highest BCUT2D eigenvalue weighted by Crippen LogP contribution is 2.43. The van der Waals surface area contributed by atoms with Crippen molar-refractivity contribution in [3.63, 3.8) is 0 Å². The highest BCUT2D eigenvalue weighted by molar-refractivity contribution is 6.35. The molecule has 3 aliphatic rings. The molecule has 0 spiro atoms. The van der Waals surface area contributed by atoms with Crippen LogP contribution in [0, 0.1) is 11.8 Å². The minimum atomic E-state index is -5.26. The maximum absolute atomic E-state index is 14.1. The van der Waals surface area contributed by atoms with E-state index >= 15 is 0 Å². The number of halogens is 6. The number of piperidine rings is 2. The number of hydrogen-bond donors (Lipinski definition) is 2. The van der Waals surface area contributed by atoms with E-state index in [1.165, 1.54) is 6.07 Å². The summed E-state index contributed by atoms with van der Waals surface area (Å²) < 4.78 is 42.4. The summed E-state index contributed by atoms with van der Waals surface area (Å²) in [7, 11) is 0. The predicted octanol–water partition coefficient (Wildman–Crippen LogP) is 6.15. The number of carbonyl (C=O) groups excluding carboxylic acids is 2. The molecule has 0 radical (unpaired) electrons. The third-order valence-corrected chi connectivity index (χ3v) is 9.93. The summed E-state index contributed by atoms with van der Waals surface area (Å²) in [4.78, 5) is 30.9. The molecule has 2 atom stereocenters. The smallest absolute Gasteiger partial charge is 0.391 e. The number of alkyl halides is 3. The first kappa shape index (κ1) is 33.1. The van der Waals surface area contributed by atoms with E-state index < -0.39 is 29.4 Å². The standard InChI is InChI=1S/C31H35Cl3F3N3O4/c32-22-14-21(15-23(33)16-22)30(44,31(35,36)37)29(43)39-10-5-20(6-11-39)13-19-3-8-38(9-4-19)24-1-2-26(27(34)17-24)28(42)40-12-7-25(41)18-40/h1-2,14-17,19-20,25,41,44H,3-13,18H2/t25?,30-/m1/s1. The van der Waals surface area contributed by atoms with Crippen LogP contribution < -0.4 is 4.90 Å². The molecular formula is C31H35Cl3F3N3O4. The van der Waals surface area contributed by atoms with E-state index in [0.717, 1.165) is 55.1 Å². The lowest BCUT2D eigenvalue weighted by atomic mass is 9.82. The number of β-amino-alcohol motifs (C(OH)–C–C–N with tert-alkyl or cyclic N) is 1. The van der Waals surface area contributed by atoms with Crippen molar-refractivity contribution in [1.82, 2.24) is 9.80 Å². The Labute approximate surface area is 269 Å². The van der Waals surface area contributed by atoms with Crippen LogP contribution in [0.25, 0.3) is 0 Å². The number of rotatable bonds is 6. The quantitative estimate of drug-likeness (QED) is 0.384. The summed E-state index contributed by atoms with van der Waals surface area (Å²) in [5.74, 6) is -0.892. The van der Waals surface area contributed by atoms with E-state index in [-0.39, 0.29) is 35.0 Å². The Balaban J connectivity index is 1.13. The van der Waals surface area contributed by atoms with Crippen LogP contribution in [0.4, 0.5) is 18.9 Å². The summed E-state index contributed by atoms with van der Waals surface area (Å²) in [6.45, 7) is 2.68. The summed E-state index contributed by atoms with van der Waals surface area (Å²) in [5, 5.41) is 20.7. The molecule has 0 saturated carbocycles. The van der Waals surface area contributed by atoms with Gasteiger partial charge in [-0.1, -0.05) is 34.8 Å². The minimum absolute atomic E-state index is 0.109. The van der Waals surface area contributed by atoms with Crippen LogP contribution in [0.5, 0.6) is 0 Å². The highest BCUT2D eigenvalue weighted by atomic mass is 35.5. The van der Waals surface area contributed by atoms with Crippen LogP contribution in [0.15, 0.2) is 36.4 Å². The van der Waals surface area contributed by atoms with Crippen LogP contribution in [-0.4, -0.2) is 83.4 Å². The van der Waals surface area contributed by atoms with Gasteiger partial charge in [-0.2, -0.15) is 13.2 Å². The number of likely N-dealkylation sites (tertiary alicyclic amines) is 2. The number of nitrogens with zero attached hydrogens (tertiary/aromatic N) is 3. The van der Waals surface area contributed by atoms with E-state index in [2.05, 4.69) is 4.90 Å². The molecule has 44 heavy (non-hydrogen) atoms. The van der Waals surface area contributed by atoms with Gasteiger partial charge in [0.15, 0.2) is 0 Å². The maximum Gasteiger partial charge on any atom is 0.430 e. The molecule has 2 amide bonds. The highest BCUT2D eigenvalue weighted by Gasteiger charge is 2.62. The van der Waals surface area contributed by atoms with Crippen molar-refractivity contribution in [2.24, 2.45) is 11.8 Å². The predicted molar refractivity (Wildman–Crippen MR) is 163 cm³/mol. The minimum Gasteiger partial charge on any atom is -0.391 e. The summed E-state index contributed by atoms with van der Waals surface area (Å²) >= 11 is 18.3. The zero-order chi connectivity index (χ0) is 31.8. The summed E-state index contributed by atoms with van der Waals surface area (Å²) in [6.07, 6.45) is -1.31. The van der Waals surface area contributed by atoms with Crippen molar-refractivity contribution >= 4 is 52.3 Å². The van der Waals surface area contributed by atoms with Gasteiger partial charge in [0.2, 0.25) is 0 Å². The topological polar surface area (TPSA) is 84.3 Å². The van der Waals surface area contributed by atoms with Gasteiger partial charge >= 0.3 is 6.18 Å². The first-order valence-electron chi connectivity index (χ1n) is 14.8. The molecule has 3 fully saturated rings. The number of anilines is 1. The van der Waals surface area contributed by atoms with Crippen molar-refractivity contribution in [3.8, 4) is 0 Å². The Hall–Kier alpha value is -2.24. The number of benzene rings is 2. The van der Waals surface area contributed by atoms with Gasteiger partial charge in [-0.25, -0.2) is 0 Å².